The van der Waals surface area contributed by atoms with Crippen LogP contribution in [0.15, 0.2) is 60.9 Å². The van der Waals surface area contributed by atoms with Gasteiger partial charge in [-0.2, -0.15) is 5.10 Å². The highest BCUT2D eigenvalue weighted by atomic mass is 35.5. The minimum atomic E-state index is -0.234. The quantitative estimate of drug-likeness (QED) is 0.735. The first-order valence-corrected chi connectivity index (χ1v) is 8.99. The number of ether oxygens (including phenoxy) is 2. The van der Waals surface area contributed by atoms with Gasteiger partial charge < -0.3 is 14.8 Å². The third-order valence-electron chi connectivity index (χ3n) is 4.24. The first-order valence-electron chi connectivity index (χ1n) is 8.61. The van der Waals surface area contributed by atoms with E-state index in [9.17, 15) is 4.79 Å². The molecule has 27 heavy (non-hydrogen) atoms. The van der Waals surface area contributed by atoms with Crippen molar-refractivity contribution >= 4 is 17.5 Å². The van der Waals surface area contributed by atoms with Gasteiger partial charge in [-0.3, -0.25) is 9.48 Å². The number of rotatable bonds is 5. The highest BCUT2D eigenvalue weighted by molar-refractivity contribution is 6.31. The molecule has 2 heterocycles. The van der Waals surface area contributed by atoms with Crippen molar-refractivity contribution in [3.63, 3.8) is 0 Å². The first-order chi connectivity index (χ1) is 13.2. The van der Waals surface area contributed by atoms with E-state index in [0.29, 0.717) is 36.0 Å². The van der Waals surface area contributed by atoms with E-state index in [-0.39, 0.29) is 12.0 Å². The lowest BCUT2D eigenvalue weighted by molar-refractivity contribution is 0.0789. The van der Waals surface area contributed by atoms with Crippen molar-refractivity contribution < 1.29 is 14.3 Å². The Bertz CT molecular complexity index is 957. The lowest BCUT2D eigenvalue weighted by Crippen LogP contribution is -2.40. The summed E-state index contributed by atoms with van der Waals surface area (Å²) in [7, 11) is 0. The van der Waals surface area contributed by atoms with Gasteiger partial charge in [0.25, 0.3) is 5.91 Å². The molecule has 0 spiro atoms. The van der Waals surface area contributed by atoms with Crippen molar-refractivity contribution in [1.29, 1.82) is 0 Å². The zero-order valence-corrected chi connectivity index (χ0v) is 15.2. The van der Waals surface area contributed by atoms with E-state index in [0.717, 1.165) is 11.3 Å². The molecule has 2 aromatic carbocycles. The van der Waals surface area contributed by atoms with Crippen molar-refractivity contribution in [2.75, 3.05) is 13.2 Å². The average Bonchev–Trinajstić information content (AvgIpc) is 3.16. The number of hydrogen-bond acceptors (Lipinski definition) is 4. The molecule has 1 aliphatic rings. The summed E-state index contributed by atoms with van der Waals surface area (Å²) >= 11 is 6.17. The zero-order chi connectivity index (χ0) is 18.6. The predicted molar refractivity (Wildman–Crippen MR) is 101 cm³/mol. The Morgan fingerprint density at radius 1 is 1.19 bits per heavy atom. The maximum absolute atomic E-state index is 12.4. The molecule has 1 aromatic heterocycles. The van der Waals surface area contributed by atoms with E-state index < -0.39 is 0 Å². The van der Waals surface area contributed by atoms with Crippen LogP contribution in [0.5, 0.6) is 11.5 Å². The molecule has 0 radical (unpaired) electrons. The minimum Gasteiger partial charge on any atom is -0.486 e. The molecule has 4 rings (SSSR count). The second-order valence-corrected chi connectivity index (χ2v) is 6.63. The smallest absolute Gasteiger partial charge is 0.254 e. The van der Waals surface area contributed by atoms with Gasteiger partial charge in [-0.25, -0.2) is 0 Å². The number of benzene rings is 2. The molecular formula is C20H18ClN3O3. The summed E-state index contributed by atoms with van der Waals surface area (Å²) in [5.74, 6) is 1.21. The first kappa shape index (κ1) is 17.4. The van der Waals surface area contributed by atoms with E-state index in [1.54, 1.807) is 17.1 Å². The van der Waals surface area contributed by atoms with Crippen LogP contribution in [0.3, 0.4) is 0 Å². The Kier molecular flexibility index (Phi) is 4.98. The number of nitrogens with one attached hydrogen (secondary N) is 1. The third-order valence-corrected chi connectivity index (χ3v) is 4.61. The lowest BCUT2D eigenvalue weighted by Gasteiger charge is -2.26. The fourth-order valence-corrected chi connectivity index (χ4v) is 3.04. The molecule has 0 saturated heterocycles. The van der Waals surface area contributed by atoms with Gasteiger partial charge in [-0.05, 0) is 23.8 Å². The summed E-state index contributed by atoms with van der Waals surface area (Å²) < 4.78 is 13.2. The van der Waals surface area contributed by atoms with Crippen molar-refractivity contribution in [2.24, 2.45) is 0 Å². The molecule has 1 atom stereocenters. The maximum Gasteiger partial charge on any atom is 0.254 e. The van der Waals surface area contributed by atoms with Crippen LogP contribution in [-0.2, 0) is 6.54 Å². The Labute approximate surface area is 161 Å². The van der Waals surface area contributed by atoms with Gasteiger partial charge in [0.05, 0.1) is 24.8 Å². The number of para-hydroxylation sites is 2. The molecule has 1 N–H and O–H groups in total. The molecule has 138 valence electrons. The van der Waals surface area contributed by atoms with Gasteiger partial charge in [0.2, 0.25) is 0 Å². The van der Waals surface area contributed by atoms with E-state index in [2.05, 4.69) is 10.4 Å². The zero-order valence-electron chi connectivity index (χ0n) is 14.5. The molecule has 7 heteroatoms. The number of nitrogens with zero attached hydrogens (tertiary/aromatic N) is 2. The highest BCUT2D eigenvalue weighted by Gasteiger charge is 2.21. The molecule has 0 saturated carbocycles. The number of fused-ring (bicyclic) bond motifs is 1. The minimum absolute atomic E-state index is 0.206. The number of amides is 1. The summed E-state index contributed by atoms with van der Waals surface area (Å²) in [5.41, 5.74) is 1.43. The number of hydrogen-bond donors (Lipinski definition) is 1. The SMILES string of the molecule is O=C(NCC1COc2ccccc2O1)c1cnn(Cc2ccccc2Cl)c1. The van der Waals surface area contributed by atoms with E-state index in [1.807, 2.05) is 48.5 Å². The van der Waals surface area contributed by atoms with E-state index in [1.165, 1.54) is 0 Å². The van der Waals surface area contributed by atoms with Crippen LogP contribution < -0.4 is 14.8 Å². The molecule has 0 aliphatic carbocycles. The fourth-order valence-electron chi connectivity index (χ4n) is 2.84. The largest absolute Gasteiger partial charge is 0.486 e. The number of carbonyl (C=O) groups excluding carboxylic acids is 1. The Hall–Kier alpha value is -2.99. The van der Waals surface area contributed by atoms with Crippen molar-refractivity contribution in [2.45, 2.75) is 12.6 Å². The van der Waals surface area contributed by atoms with Gasteiger partial charge in [0.1, 0.15) is 12.7 Å². The molecule has 0 fully saturated rings. The molecule has 1 aliphatic heterocycles. The Balaban J connectivity index is 1.33. The summed E-state index contributed by atoms with van der Waals surface area (Å²) in [6, 6.07) is 15.0. The van der Waals surface area contributed by atoms with Crippen LogP contribution in [-0.4, -0.2) is 34.9 Å². The third kappa shape index (κ3) is 4.06. The average molecular weight is 384 g/mol. The molecule has 1 amide bonds. The van der Waals surface area contributed by atoms with Crippen LogP contribution in [0.4, 0.5) is 0 Å². The van der Waals surface area contributed by atoms with Gasteiger partial charge in [-0.1, -0.05) is 41.9 Å². The van der Waals surface area contributed by atoms with E-state index >= 15 is 0 Å². The normalized spacial score (nSPS) is 15.4. The van der Waals surface area contributed by atoms with Crippen molar-refractivity contribution in [3.05, 3.63) is 77.1 Å². The van der Waals surface area contributed by atoms with Gasteiger partial charge >= 0.3 is 0 Å². The number of aromatic nitrogens is 2. The number of carbonyl (C=O) groups is 1. The van der Waals surface area contributed by atoms with E-state index in [4.69, 9.17) is 21.1 Å². The monoisotopic (exact) mass is 383 g/mol. The van der Waals surface area contributed by atoms with Gasteiger partial charge in [0.15, 0.2) is 11.5 Å². The summed E-state index contributed by atoms with van der Waals surface area (Å²) in [5, 5.41) is 7.78. The molecule has 1 unspecified atom stereocenters. The highest BCUT2D eigenvalue weighted by Crippen LogP contribution is 2.30. The van der Waals surface area contributed by atoms with Gasteiger partial charge in [-0.15, -0.1) is 0 Å². The standard InChI is InChI=1S/C20H18ClN3O3/c21-17-6-2-1-5-14(17)11-24-12-15(9-23-24)20(25)22-10-16-13-26-18-7-3-4-8-19(18)27-16/h1-9,12,16H,10-11,13H2,(H,22,25). The molecular weight excluding hydrogens is 366 g/mol. The summed E-state index contributed by atoms with van der Waals surface area (Å²) in [6.07, 6.45) is 3.01. The van der Waals surface area contributed by atoms with Crippen LogP contribution in [0.1, 0.15) is 15.9 Å². The van der Waals surface area contributed by atoms with Crippen LogP contribution in [0.2, 0.25) is 5.02 Å². The van der Waals surface area contributed by atoms with Crippen molar-refractivity contribution in [1.82, 2.24) is 15.1 Å². The van der Waals surface area contributed by atoms with Crippen molar-refractivity contribution in [3.8, 4) is 11.5 Å². The van der Waals surface area contributed by atoms with Gasteiger partial charge in [0, 0.05) is 11.2 Å². The predicted octanol–water partition coefficient (Wildman–Crippen LogP) is 3.15. The van der Waals surface area contributed by atoms with Crippen LogP contribution in [0.25, 0.3) is 0 Å². The molecule has 0 bridgehead atoms. The maximum atomic E-state index is 12.4. The second-order valence-electron chi connectivity index (χ2n) is 6.23. The Morgan fingerprint density at radius 2 is 1.96 bits per heavy atom. The van der Waals surface area contributed by atoms with Crippen LogP contribution in [0, 0.1) is 0 Å². The lowest BCUT2D eigenvalue weighted by atomic mass is 10.2. The second kappa shape index (κ2) is 7.72. The topological polar surface area (TPSA) is 65.4 Å². The number of halogens is 1. The summed E-state index contributed by atoms with van der Waals surface area (Å²) in [6.45, 7) is 1.25. The molecule has 3 aromatic rings. The summed E-state index contributed by atoms with van der Waals surface area (Å²) in [4.78, 5) is 12.4. The fraction of sp³-hybridized carbons (Fsp3) is 0.200. The Morgan fingerprint density at radius 3 is 2.81 bits per heavy atom. The van der Waals surface area contributed by atoms with Crippen LogP contribution >= 0.6 is 11.6 Å². The molecule has 6 nitrogen and oxygen atoms in total.